The summed E-state index contributed by atoms with van der Waals surface area (Å²) < 4.78 is 34.9. The summed E-state index contributed by atoms with van der Waals surface area (Å²) in [5.41, 5.74) is 0. The van der Waals surface area contributed by atoms with E-state index in [1.54, 1.807) is 0 Å². The first-order valence-corrected chi connectivity index (χ1v) is 5.32. The Kier molecular flexibility index (Phi) is 4.09. The SMILES string of the molecule is CB(C)CCC[Si](F)(F)F. The molecule has 0 aromatic rings. The Bertz CT molecular complexity index is 91.4. The number of halogens is 3. The lowest BCUT2D eigenvalue weighted by Gasteiger charge is -2.02. The Morgan fingerprint density at radius 2 is 1.70 bits per heavy atom. The van der Waals surface area contributed by atoms with Crippen LogP contribution in [-0.4, -0.2) is 15.8 Å². The monoisotopic (exact) mass is 168 g/mol. The van der Waals surface area contributed by atoms with Gasteiger partial charge in [-0.15, -0.1) is 0 Å². The van der Waals surface area contributed by atoms with E-state index in [2.05, 4.69) is 0 Å². The average Bonchev–Trinajstić information content (AvgIpc) is 1.59. The third kappa shape index (κ3) is 8.07. The van der Waals surface area contributed by atoms with Crippen molar-refractivity contribution in [2.24, 2.45) is 0 Å². The molecule has 0 rings (SSSR count). The first kappa shape index (κ1) is 10.1. The molecule has 0 aliphatic heterocycles. The predicted octanol–water partition coefficient (Wildman–Crippen LogP) is 2.98. The molecule has 5 heteroatoms. The van der Waals surface area contributed by atoms with E-state index in [9.17, 15) is 12.3 Å². The summed E-state index contributed by atoms with van der Waals surface area (Å²) in [7, 11) is -5.22. The van der Waals surface area contributed by atoms with Gasteiger partial charge in [-0.25, -0.2) is 12.3 Å². The van der Waals surface area contributed by atoms with E-state index >= 15 is 0 Å². The highest BCUT2D eigenvalue weighted by atomic mass is 28.5. The minimum Gasteiger partial charge on any atom is -0.238 e. The van der Waals surface area contributed by atoms with Gasteiger partial charge in [-0.3, -0.25) is 0 Å². The molecule has 0 unspecified atom stereocenters. The van der Waals surface area contributed by atoms with Crippen LogP contribution in [0.15, 0.2) is 0 Å². The fourth-order valence-corrected chi connectivity index (χ4v) is 1.32. The van der Waals surface area contributed by atoms with Crippen LogP contribution >= 0.6 is 0 Å². The van der Waals surface area contributed by atoms with Crippen LogP contribution < -0.4 is 0 Å². The van der Waals surface area contributed by atoms with Crippen molar-refractivity contribution in [3.05, 3.63) is 0 Å². The molecule has 0 atom stereocenters. The smallest absolute Gasteiger partial charge is 0.238 e. The van der Waals surface area contributed by atoms with Crippen LogP contribution in [0.25, 0.3) is 0 Å². The summed E-state index contributed by atoms with van der Waals surface area (Å²) in [6.45, 7) is 4.28. The van der Waals surface area contributed by atoms with Gasteiger partial charge in [0, 0.05) is 6.04 Å². The molecule has 0 spiro atoms. The molecule has 0 nitrogen and oxygen atoms in total. The molecule has 0 heterocycles. The second-order valence-electron chi connectivity index (χ2n) is 2.90. The molecule has 0 aromatic heterocycles. The van der Waals surface area contributed by atoms with Gasteiger partial charge in [-0.2, -0.15) is 0 Å². The second-order valence-corrected chi connectivity index (χ2v) is 4.63. The minimum atomic E-state index is -5.22. The highest BCUT2D eigenvalue weighted by molar-refractivity contribution is 6.59. The highest BCUT2D eigenvalue weighted by Gasteiger charge is 2.35. The molecule has 60 valence electrons. The molecule has 0 bridgehead atoms. The topological polar surface area (TPSA) is 0 Å². The summed E-state index contributed by atoms with van der Waals surface area (Å²) in [6.07, 6.45) is 1.03. The van der Waals surface area contributed by atoms with Gasteiger partial charge in [0.05, 0.1) is 0 Å². The van der Waals surface area contributed by atoms with Crippen molar-refractivity contribution in [2.45, 2.75) is 32.4 Å². The summed E-state index contributed by atoms with van der Waals surface area (Å²) in [5, 5.41) is 0. The maximum atomic E-state index is 11.6. The zero-order valence-electron chi connectivity index (χ0n) is 6.33. The van der Waals surface area contributed by atoms with Crippen LogP contribution in [0, 0.1) is 0 Å². The van der Waals surface area contributed by atoms with E-state index in [4.69, 9.17) is 0 Å². The molecular formula is C5H12BF3Si. The standard InChI is InChI=1S/C5H12BF3Si/c1-6(2)4-3-5-10(7,8)9/h3-5H2,1-2H3. The van der Waals surface area contributed by atoms with Gasteiger partial charge in [-0.05, 0) is 0 Å². The van der Waals surface area contributed by atoms with E-state index in [0.29, 0.717) is 19.5 Å². The van der Waals surface area contributed by atoms with Crippen molar-refractivity contribution in [1.82, 2.24) is 0 Å². The minimum absolute atomic E-state index is 0.327. The van der Waals surface area contributed by atoms with E-state index in [0.717, 1.165) is 0 Å². The van der Waals surface area contributed by atoms with Gasteiger partial charge in [0.2, 0.25) is 0 Å². The van der Waals surface area contributed by atoms with Crippen LogP contribution in [0.3, 0.4) is 0 Å². The summed E-state index contributed by atoms with van der Waals surface area (Å²) in [4.78, 5) is 0. The zero-order valence-corrected chi connectivity index (χ0v) is 7.33. The van der Waals surface area contributed by atoms with Crippen LogP contribution in [0.5, 0.6) is 0 Å². The van der Waals surface area contributed by atoms with Gasteiger partial charge < -0.3 is 0 Å². The van der Waals surface area contributed by atoms with Crippen LogP contribution in [0.2, 0.25) is 26.0 Å². The molecule has 0 N–H and O–H groups in total. The van der Waals surface area contributed by atoms with Crippen LogP contribution in [0.1, 0.15) is 6.42 Å². The Labute approximate surface area is 61.4 Å². The first-order chi connectivity index (χ1) is 4.42. The largest absolute Gasteiger partial charge is 0.616 e. The quantitative estimate of drug-likeness (QED) is 0.447. The summed E-state index contributed by atoms with van der Waals surface area (Å²) >= 11 is 0. The molecule has 0 saturated carbocycles. The van der Waals surface area contributed by atoms with E-state index < -0.39 is 15.1 Å². The molecule has 0 amide bonds. The van der Waals surface area contributed by atoms with Crippen molar-refractivity contribution in [2.75, 3.05) is 0 Å². The van der Waals surface area contributed by atoms with Gasteiger partial charge in [0.1, 0.15) is 6.71 Å². The molecule has 0 aliphatic rings. The second kappa shape index (κ2) is 4.06. The Morgan fingerprint density at radius 3 is 2.00 bits per heavy atom. The maximum absolute atomic E-state index is 11.6. The van der Waals surface area contributed by atoms with Gasteiger partial charge in [-0.1, -0.05) is 26.4 Å². The Hall–Kier alpha value is 0.0718. The summed E-state index contributed by atoms with van der Waals surface area (Å²) in [6, 6.07) is -0.495. The molecule has 0 saturated heterocycles. The molecule has 0 aromatic carbocycles. The zero-order chi connectivity index (χ0) is 8.20. The maximum Gasteiger partial charge on any atom is 0.616 e. The summed E-state index contributed by atoms with van der Waals surface area (Å²) in [5.74, 6) is 0. The van der Waals surface area contributed by atoms with E-state index in [1.165, 1.54) is 0 Å². The van der Waals surface area contributed by atoms with Crippen molar-refractivity contribution in [3.63, 3.8) is 0 Å². The predicted molar refractivity (Wildman–Crippen MR) is 40.8 cm³/mol. The van der Waals surface area contributed by atoms with Gasteiger partial charge in [0.15, 0.2) is 0 Å². The third-order valence-electron chi connectivity index (χ3n) is 1.24. The molecule has 0 aliphatic carbocycles. The van der Waals surface area contributed by atoms with Crippen molar-refractivity contribution < 1.29 is 12.3 Å². The fourth-order valence-electron chi connectivity index (χ4n) is 0.711. The lowest BCUT2D eigenvalue weighted by molar-refractivity contribution is 0.466. The van der Waals surface area contributed by atoms with Crippen LogP contribution in [-0.2, 0) is 0 Å². The van der Waals surface area contributed by atoms with Gasteiger partial charge in [0.25, 0.3) is 0 Å². The lowest BCUT2D eigenvalue weighted by atomic mass is 9.52. The first-order valence-electron chi connectivity index (χ1n) is 3.48. The Morgan fingerprint density at radius 1 is 1.20 bits per heavy atom. The van der Waals surface area contributed by atoms with Crippen molar-refractivity contribution >= 4 is 15.8 Å². The number of rotatable bonds is 4. The van der Waals surface area contributed by atoms with Crippen molar-refractivity contribution in [1.29, 1.82) is 0 Å². The molecule has 10 heavy (non-hydrogen) atoms. The van der Waals surface area contributed by atoms with Crippen molar-refractivity contribution in [3.8, 4) is 0 Å². The van der Waals surface area contributed by atoms with Crippen LogP contribution in [0.4, 0.5) is 12.3 Å². The normalized spacial score (nSPS) is 11.7. The van der Waals surface area contributed by atoms with E-state index in [-0.39, 0.29) is 0 Å². The molecule has 0 fully saturated rings. The van der Waals surface area contributed by atoms with Gasteiger partial charge >= 0.3 is 9.08 Å². The number of hydrogen-bond donors (Lipinski definition) is 0. The fraction of sp³-hybridized carbons (Fsp3) is 1.00. The molecular weight excluding hydrogens is 156 g/mol. The number of hydrogen-bond acceptors (Lipinski definition) is 0. The average molecular weight is 168 g/mol. The molecule has 0 radical (unpaired) electrons. The Balaban J connectivity index is 3.21. The van der Waals surface area contributed by atoms with E-state index in [1.807, 2.05) is 13.6 Å². The lowest BCUT2D eigenvalue weighted by Crippen LogP contribution is -2.14. The third-order valence-corrected chi connectivity index (χ3v) is 2.16. The highest BCUT2D eigenvalue weighted by Crippen LogP contribution is 2.18.